The number of aliphatic hydroxyl groups is 2. The van der Waals surface area contributed by atoms with E-state index < -0.39 is 23.0 Å². The fourth-order valence-electron chi connectivity index (χ4n) is 1.35. The molecule has 0 heterocycles. The minimum absolute atomic E-state index is 0.152. The maximum absolute atomic E-state index is 11.7. The van der Waals surface area contributed by atoms with Gasteiger partial charge in [0.05, 0.1) is 11.5 Å². The minimum atomic E-state index is -1.93. The van der Waals surface area contributed by atoms with Crippen molar-refractivity contribution in [3.8, 4) is 11.8 Å². The molecule has 1 amide bonds. The van der Waals surface area contributed by atoms with Crippen molar-refractivity contribution in [1.82, 2.24) is 0 Å². The molecule has 0 fully saturated rings. The van der Waals surface area contributed by atoms with Crippen molar-refractivity contribution in [2.45, 2.75) is 19.4 Å². The normalized spacial score (nSPS) is 12.8. The second-order valence-corrected chi connectivity index (χ2v) is 4.25. The van der Waals surface area contributed by atoms with Crippen molar-refractivity contribution in [2.75, 3.05) is 11.9 Å². The summed E-state index contributed by atoms with van der Waals surface area (Å²) in [6.07, 6.45) is 0. The predicted octanol–water partition coefficient (Wildman–Crippen LogP) is 0.648. The van der Waals surface area contributed by atoms with Crippen LogP contribution in [0.5, 0.6) is 0 Å². The molecule has 0 spiro atoms. The SMILES string of the molecule is CC#Cc1cc(NC(=O)[C@@](C)(O)CO)ccc1[N+](=O)[O-]. The molecule has 20 heavy (non-hydrogen) atoms. The number of nitro benzene ring substituents is 1. The van der Waals surface area contributed by atoms with Crippen LogP contribution in [0.1, 0.15) is 19.4 Å². The molecule has 1 aromatic rings. The first kappa shape index (κ1) is 15.6. The highest BCUT2D eigenvalue weighted by Crippen LogP contribution is 2.22. The number of nitro groups is 1. The quantitative estimate of drug-likeness (QED) is 0.425. The first-order valence-corrected chi connectivity index (χ1v) is 5.67. The molecule has 1 aromatic carbocycles. The van der Waals surface area contributed by atoms with Crippen LogP contribution in [0.25, 0.3) is 0 Å². The average molecular weight is 278 g/mol. The first-order chi connectivity index (χ1) is 9.31. The van der Waals surface area contributed by atoms with E-state index in [0.29, 0.717) is 0 Å². The van der Waals surface area contributed by atoms with E-state index in [1.54, 1.807) is 0 Å². The van der Waals surface area contributed by atoms with Crippen LogP contribution in [0.4, 0.5) is 11.4 Å². The molecule has 0 bridgehead atoms. The van der Waals surface area contributed by atoms with Gasteiger partial charge in [-0.2, -0.15) is 0 Å². The van der Waals surface area contributed by atoms with Gasteiger partial charge in [0, 0.05) is 11.8 Å². The van der Waals surface area contributed by atoms with Gasteiger partial charge < -0.3 is 15.5 Å². The number of rotatable bonds is 4. The fraction of sp³-hybridized carbons (Fsp3) is 0.308. The molecule has 0 radical (unpaired) electrons. The van der Waals surface area contributed by atoms with E-state index in [-0.39, 0.29) is 16.9 Å². The van der Waals surface area contributed by atoms with E-state index in [4.69, 9.17) is 5.11 Å². The lowest BCUT2D eigenvalue weighted by molar-refractivity contribution is -0.385. The van der Waals surface area contributed by atoms with Gasteiger partial charge in [-0.1, -0.05) is 5.92 Å². The summed E-state index contributed by atoms with van der Waals surface area (Å²) >= 11 is 0. The van der Waals surface area contributed by atoms with Crippen LogP contribution in [-0.2, 0) is 4.79 Å². The Balaban J connectivity index is 3.09. The topological polar surface area (TPSA) is 113 Å². The van der Waals surface area contributed by atoms with E-state index in [1.807, 2.05) is 0 Å². The molecule has 7 heteroatoms. The molecule has 1 rings (SSSR count). The number of nitrogens with zero attached hydrogens (tertiary/aromatic N) is 1. The first-order valence-electron chi connectivity index (χ1n) is 5.67. The van der Waals surface area contributed by atoms with Crippen LogP contribution >= 0.6 is 0 Å². The van der Waals surface area contributed by atoms with Gasteiger partial charge >= 0.3 is 0 Å². The van der Waals surface area contributed by atoms with Gasteiger partial charge in [0.2, 0.25) is 0 Å². The van der Waals surface area contributed by atoms with Crippen molar-refractivity contribution < 1.29 is 19.9 Å². The molecule has 7 nitrogen and oxygen atoms in total. The van der Waals surface area contributed by atoms with E-state index in [2.05, 4.69) is 17.2 Å². The Labute approximate surface area is 115 Å². The zero-order chi connectivity index (χ0) is 15.3. The second kappa shape index (κ2) is 6.14. The maximum atomic E-state index is 11.7. The van der Waals surface area contributed by atoms with Crippen molar-refractivity contribution >= 4 is 17.3 Å². The number of carbonyl (C=O) groups excluding carboxylic acids is 1. The molecule has 1 atom stereocenters. The summed E-state index contributed by atoms with van der Waals surface area (Å²) in [6.45, 7) is 1.94. The van der Waals surface area contributed by atoms with E-state index in [9.17, 15) is 20.0 Å². The van der Waals surface area contributed by atoms with Gasteiger partial charge in [0.1, 0.15) is 5.56 Å². The van der Waals surface area contributed by atoms with Crippen molar-refractivity contribution in [3.05, 3.63) is 33.9 Å². The summed E-state index contributed by atoms with van der Waals surface area (Å²) in [4.78, 5) is 21.9. The maximum Gasteiger partial charge on any atom is 0.285 e. The molecule has 0 saturated carbocycles. The summed E-state index contributed by atoms with van der Waals surface area (Å²) in [5.41, 5.74) is -1.71. The molecule has 3 N–H and O–H groups in total. The van der Waals surface area contributed by atoms with Crippen molar-refractivity contribution in [1.29, 1.82) is 0 Å². The number of benzene rings is 1. The highest BCUT2D eigenvalue weighted by Gasteiger charge is 2.29. The summed E-state index contributed by atoms with van der Waals surface area (Å²) < 4.78 is 0. The Kier molecular flexibility index (Phi) is 4.80. The van der Waals surface area contributed by atoms with Crippen LogP contribution in [0.15, 0.2) is 18.2 Å². The predicted molar refractivity (Wildman–Crippen MR) is 72.0 cm³/mol. The molecule has 0 saturated heterocycles. The summed E-state index contributed by atoms with van der Waals surface area (Å²) in [5, 5.41) is 31.6. The van der Waals surface area contributed by atoms with Gasteiger partial charge in [0.25, 0.3) is 11.6 Å². The number of amides is 1. The van der Waals surface area contributed by atoms with Crippen LogP contribution < -0.4 is 5.32 Å². The largest absolute Gasteiger partial charge is 0.393 e. The standard InChI is InChI=1S/C13H14N2O5/c1-3-4-9-7-10(5-6-11(9)15(19)20)14-12(17)13(2,18)8-16/h5-7,16,18H,8H2,1-2H3,(H,14,17)/t13-/m0/s1. The highest BCUT2D eigenvalue weighted by atomic mass is 16.6. The Morgan fingerprint density at radius 2 is 2.20 bits per heavy atom. The molecule has 0 unspecified atom stereocenters. The third kappa shape index (κ3) is 3.54. The summed E-state index contributed by atoms with van der Waals surface area (Å²) in [5.74, 6) is 4.30. The number of hydrogen-bond acceptors (Lipinski definition) is 5. The molecular formula is C13H14N2O5. The zero-order valence-corrected chi connectivity index (χ0v) is 11.0. The smallest absolute Gasteiger partial charge is 0.285 e. The lowest BCUT2D eigenvalue weighted by Gasteiger charge is -2.19. The van der Waals surface area contributed by atoms with Gasteiger partial charge in [-0.3, -0.25) is 14.9 Å². The van der Waals surface area contributed by atoms with E-state index in [0.717, 1.165) is 6.92 Å². The van der Waals surface area contributed by atoms with Gasteiger partial charge in [-0.25, -0.2) is 0 Å². The lowest BCUT2D eigenvalue weighted by Crippen LogP contribution is -2.43. The Bertz CT molecular complexity index is 599. The lowest BCUT2D eigenvalue weighted by atomic mass is 10.1. The molecule has 0 aliphatic carbocycles. The van der Waals surface area contributed by atoms with Gasteiger partial charge in [0.15, 0.2) is 5.60 Å². The number of carbonyl (C=O) groups is 1. The monoisotopic (exact) mass is 278 g/mol. The van der Waals surface area contributed by atoms with Gasteiger partial charge in [-0.05, 0) is 26.0 Å². The third-order valence-corrected chi connectivity index (χ3v) is 2.51. The van der Waals surface area contributed by atoms with Crippen molar-refractivity contribution in [3.63, 3.8) is 0 Å². The summed E-state index contributed by atoms with van der Waals surface area (Å²) in [6, 6.07) is 3.87. The Morgan fingerprint density at radius 1 is 1.55 bits per heavy atom. The van der Waals surface area contributed by atoms with Crippen LogP contribution in [0.2, 0.25) is 0 Å². The summed E-state index contributed by atoms with van der Waals surface area (Å²) in [7, 11) is 0. The molecule has 0 aromatic heterocycles. The second-order valence-electron chi connectivity index (χ2n) is 4.25. The van der Waals surface area contributed by atoms with E-state index in [1.165, 1.54) is 25.1 Å². The molecule has 0 aliphatic rings. The molecular weight excluding hydrogens is 264 g/mol. The van der Waals surface area contributed by atoms with Crippen LogP contribution in [0, 0.1) is 22.0 Å². The van der Waals surface area contributed by atoms with E-state index >= 15 is 0 Å². The zero-order valence-electron chi connectivity index (χ0n) is 11.0. The minimum Gasteiger partial charge on any atom is -0.393 e. The third-order valence-electron chi connectivity index (χ3n) is 2.51. The van der Waals surface area contributed by atoms with Crippen LogP contribution in [0.3, 0.4) is 0 Å². The number of nitrogens with one attached hydrogen (secondary N) is 1. The van der Waals surface area contributed by atoms with Crippen molar-refractivity contribution in [2.24, 2.45) is 0 Å². The van der Waals surface area contributed by atoms with Gasteiger partial charge in [-0.15, -0.1) is 5.92 Å². The molecule has 0 aliphatic heterocycles. The van der Waals surface area contributed by atoms with Crippen LogP contribution in [-0.4, -0.2) is 33.3 Å². The molecule has 106 valence electrons. The fourth-order valence-corrected chi connectivity index (χ4v) is 1.35. The number of aliphatic hydroxyl groups excluding tert-OH is 1. The Hall–Kier alpha value is -2.43. The number of anilines is 1. The number of hydrogen-bond donors (Lipinski definition) is 3. The average Bonchev–Trinajstić information content (AvgIpc) is 2.39. The highest BCUT2D eigenvalue weighted by molar-refractivity contribution is 5.97. The Morgan fingerprint density at radius 3 is 2.70 bits per heavy atom.